The summed E-state index contributed by atoms with van der Waals surface area (Å²) in [7, 11) is 0. The highest BCUT2D eigenvalue weighted by Crippen LogP contribution is 2.32. The van der Waals surface area contributed by atoms with Crippen LogP contribution >= 0.6 is 11.8 Å². The van der Waals surface area contributed by atoms with Gasteiger partial charge in [-0.05, 0) is 30.7 Å². The predicted octanol–water partition coefficient (Wildman–Crippen LogP) is 2.95. The number of rotatable bonds is 4. The summed E-state index contributed by atoms with van der Waals surface area (Å²) < 4.78 is 0. The maximum atomic E-state index is 9.51. The SMILES string of the molecule is CCSc1cccc(N2CCN(C3CC3)CC2)c1C#N. The van der Waals surface area contributed by atoms with Crippen molar-refractivity contribution >= 4 is 17.4 Å². The molecule has 1 aliphatic carbocycles. The number of hydrogen-bond acceptors (Lipinski definition) is 4. The summed E-state index contributed by atoms with van der Waals surface area (Å²) >= 11 is 1.76. The van der Waals surface area contributed by atoms with Gasteiger partial charge in [-0.1, -0.05) is 13.0 Å². The van der Waals surface area contributed by atoms with Gasteiger partial charge in [0.2, 0.25) is 0 Å². The van der Waals surface area contributed by atoms with E-state index in [9.17, 15) is 5.26 Å². The van der Waals surface area contributed by atoms with Gasteiger partial charge in [-0.2, -0.15) is 5.26 Å². The number of anilines is 1. The van der Waals surface area contributed by atoms with Gasteiger partial charge in [0.05, 0.1) is 11.3 Å². The van der Waals surface area contributed by atoms with Crippen LogP contribution in [0.4, 0.5) is 5.69 Å². The number of nitrogens with zero attached hydrogens (tertiary/aromatic N) is 3. The minimum absolute atomic E-state index is 0.856. The van der Waals surface area contributed by atoms with Crippen LogP contribution in [0.5, 0.6) is 0 Å². The fourth-order valence-electron chi connectivity index (χ4n) is 2.94. The molecule has 3 nitrogen and oxygen atoms in total. The van der Waals surface area contributed by atoms with Gasteiger partial charge >= 0.3 is 0 Å². The molecule has 0 radical (unpaired) electrons. The van der Waals surface area contributed by atoms with E-state index in [1.54, 1.807) is 11.8 Å². The Hall–Kier alpha value is -1.18. The Morgan fingerprint density at radius 3 is 2.60 bits per heavy atom. The molecule has 3 rings (SSSR count). The highest BCUT2D eigenvalue weighted by molar-refractivity contribution is 7.99. The second-order valence-corrected chi connectivity index (χ2v) is 6.76. The molecule has 1 saturated heterocycles. The first kappa shape index (κ1) is 13.8. The second kappa shape index (κ2) is 6.07. The van der Waals surface area contributed by atoms with Crippen LogP contribution in [0, 0.1) is 11.3 Å². The third-order valence-corrected chi connectivity index (χ3v) is 5.07. The number of piperazine rings is 1. The molecule has 0 N–H and O–H groups in total. The summed E-state index contributed by atoms with van der Waals surface area (Å²) in [5, 5.41) is 9.51. The fourth-order valence-corrected chi connectivity index (χ4v) is 3.72. The van der Waals surface area contributed by atoms with Crippen LogP contribution in [0.2, 0.25) is 0 Å². The number of thioether (sulfide) groups is 1. The van der Waals surface area contributed by atoms with Crippen molar-refractivity contribution in [1.82, 2.24) is 4.90 Å². The molecule has 0 unspecified atom stereocenters. The Balaban J connectivity index is 1.76. The van der Waals surface area contributed by atoms with Gasteiger partial charge < -0.3 is 4.90 Å². The molecule has 1 saturated carbocycles. The number of hydrogen-bond donors (Lipinski definition) is 0. The monoisotopic (exact) mass is 287 g/mol. The van der Waals surface area contributed by atoms with Gasteiger partial charge in [0.1, 0.15) is 6.07 Å². The Kier molecular flexibility index (Phi) is 4.18. The molecular weight excluding hydrogens is 266 g/mol. The maximum Gasteiger partial charge on any atom is 0.103 e. The predicted molar refractivity (Wildman–Crippen MR) is 84.4 cm³/mol. The number of nitriles is 1. The highest BCUT2D eigenvalue weighted by Gasteiger charge is 2.31. The zero-order valence-corrected chi connectivity index (χ0v) is 12.8. The van der Waals surface area contributed by atoms with Crippen molar-refractivity contribution in [1.29, 1.82) is 5.26 Å². The lowest BCUT2D eigenvalue weighted by Gasteiger charge is -2.36. The molecule has 2 fully saturated rings. The molecule has 20 heavy (non-hydrogen) atoms. The third kappa shape index (κ3) is 2.79. The molecule has 0 spiro atoms. The highest BCUT2D eigenvalue weighted by atomic mass is 32.2. The van der Waals surface area contributed by atoms with Gasteiger partial charge in [-0.15, -0.1) is 11.8 Å². The minimum atomic E-state index is 0.856. The van der Waals surface area contributed by atoms with E-state index in [1.807, 2.05) is 0 Å². The van der Waals surface area contributed by atoms with Crippen molar-refractivity contribution in [2.24, 2.45) is 0 Å². The third-order valence-electron chi connectivity index (χ3n) is 4.13. The Morgan fingerprint density at radius 1 is 1.25 bits per heavy atom. The van der Waals surface area contributed by atoms with E-state index in [-0.39, 0.29) is 0 Å². The average Bonchev–Trinajstić information content (AvgIpc) is 3.32. The van der Waals surface area contributed by atoms with E-state index in [0.29, 0.717) is 0 Å². The first-order chi connectivity index (χ1) is 9.83. The van der Waals surface area contributed by atoms with Crippen LogP contribution in [-0.4, -0.2) is 42.9 Å². The van der Waals surface area contributed by atoms with E-state index in [4.69, 9.17) is 0 Å². The van der Waals surface area contributed by atoms with Gasteiger partial charge in [-0.3, -0.25) is 4.90 Å². The zero-order chi connectivity index (χ0) is 13.9. The Bertz CT molecular complexity index is 511. The molecule has 4 heteroatoms. The van der Waals surface area contributed by atoms with Crippen molar-refractivity contribution in [2.45, 2.75) is 30.7 Å². The van der Waals surface area contributed by atoms with Crippen LogP contribution < -0.4 is 4.90 Å². The maximum absolute atomic E-state index is 9.51. The standard InChI is InChI=1S/C16H21N3S/c1-2-20-16-5-3-4-15(14(16)12-17)19-10-8-18(9-11-19)13-6-7-13/h3-5,13H,2,6-11H2,1H3. The van der Waals surface area contributed by atoms with Crippen LogP contribution in [0.3, 0.4) is 0 Å². The second-order valence-electron chi connectivity index (χ2n) is 5.45. The van der Waals surface area contributed by atoms with Gasteiger partial charge in [-0.25, -0.2) is 0 Å². The van der Waals surface area contributed by atoms with Crippen molar-refractivity contribution in [2.75, 3.05) is 36.8 Å². The molecule has 0 bridgehead atoms. The molecule has 2 aliphatic rings. The van der Waals surface area contributed by atoms with E-state index in [1.165, 1.54) is 12.8 Å². The first-order valence-corrected chi connectivity index (χ1v) is 8.47. The zero-order valence-electron chi connectivity index (χ0n) is 12.0. The van der Waals surface area contributed by atoms with Gasteiger partial charge in [0.25, 0.3) is 0 Å². The topological polar surface area (TPSA) is 30.3 Å². The van der Waals surface area contributed by atoms with E-state index in [0.717, 1.165) is 54.1 Å². The van der Waals surface area contributed by atoms with E-state index >= 15 is 0 Å². The molecule has 1 aromatic carbocycles. The van der Waals surface area contributed by atoms with Crippen LogP contribution in [0.25, 0.3) is 0 Å². The Labute approximate surface area is 125 Å². The van der Waals surface area contributed by atoms with Crippen molar-refractivity contribution in [3.63, 3.8) is 0 Å². The molecule has 0 atom stereocenters. The van der Waals surface area contributed by atoms with Crippen molar-refractivity contribution < 1.29 is 0 Å². The largest absolute Gasteiger partial charge is 0.368 e. The minimum Gasteiger partial charge on any atom is -0.368 e. The summed E-state index contributed by atoms with van der Waals surface area (Å²) in [4.78, 5) is 6.11. The summed E-state index contributed by atoms with van der Waals surface area (Å²) in [6, 6.07) is 9.53. The van der Waals surface area contributed by atoms with Crippen LogP contribution in [-0.2, 0) is 0 Å². The quantitative estimate of drug-likeness (QED) is 0.797. The molecule has 1 aromatic rings. The average molecular weight is 287 g/mol. The molecule has 106 valence electrons. The summed E-state index contributed by atoms with van der Waals surface area (Å²) in [5.74, 6) is 1.01. The normalized spacial score (nSPS) is 19.9. The fraction of sp³-hybridized carbons (Fsp3) is 0.562. The smallest absolute Gasteiger partial charge is 0.103 e. The molecule has 0 aromatic heterocycles. The Morgan fingerprint density at radius 2 is 2.00 bits per heavy atom. The molecule has 1 heterocycles. The molecular formula is C16H21N3S. The molecule has 1 aliphatic heterocycles. The lowest BCUT2D eigenvalue weighted by Crippen LogP contribution is -2.47. The van der Waals surface area contributed by atoms with E-state index < -0.39 is 0 Å². The number of benzene rings is 1. The first-order valence-electron chi connectivity index (χ1n) is 7.48. The van der Waals surface area contributed by atoms with Crippen molar-refractivity contribution in [3.05, 3.63) is 23.8 Å². The van der Waals surface area contributed by atoms with Gasteiger partial charge in [0.15, 0.2) is 0 Å². The van der Waals surface area contributed by atoms with E-state index in [2.05, 4.69) is 41.0 Å². The van der Waals surface area contributed by atoms with Crippen LogP contribution in [0.1, 0.15) is 25.3 Å². The van der Waals surface area contributed by atoms with Crippen molar-refractivity contribution in [3.8, 4) is 6.07 Å². The lowest BCUT2D eigenvalue weighted by atomic mass is 10.1. The summed E-state index contributed by atoms with van der Waals surface area (Å²) in [5.41, 5.74) is 1.99. The summed E-state index contributed by atoms with van der Waals surface area (Å²) in [6.07, 6.45) is 2.76. The molecule has 0 amide bonds. The van der Waals surface area contributed by atoms with Gasteiger partial charge in [0, 0.05) is 37.1 Å². The van der Waals surface area contributed by atoms with Crippen LogP contribution in [0.15, 0.2) is 23.1 Å². The summed E-state index contributed by atoms with van der Waals surface area (Å²) in [6.45, 7) is 6.51. The lowest BCUT2D eigenvalue weighted by molar-refractivity contribution is 0.248.